The molecule has 2 heteroatoms. The maximum absolute atomic E-state index is 10.2. The lowest BCUT2D eigenvalue weighted by atomic mass is 9.75. The second-order valence-corrected chi connectivity index (χ2v) is 6.13. The third kappa shape index (κ3) is 4.32. The van der Waals surface area contributed by atoms with Crippen LogP contribution in [0.3, 0.4) is 0 Å². The maximum Gasteiger partial charge on any atom is 0.0717 e. The van der Waals surface area contributed by atoms with Gasteiger partial charge in [0.25, 0.3) is 0 Å². The monoisotopic (exact) mass is 262 g/mol. The summed E-state index contributed by atoms with van der Waals surface area (Å²) in [5.41, 5.74) is 1.22. The largest absolute Gasteiger partial charge is 0.393 e. The van der Waals surface area contributed by atoms with Gasteiger partial charge in [-0.3, -0.25) is 0 Å². The molecule has 0 saturated heterocycles. The van der Waals surface area contributed by atoms with Crippen LogP contribution < -0.4 is 0 Å². The van der Waals surface area contributed by atoms with Crippen LogP contribution in [0.15, 0.2) is 30.3 Å². The van der Waals surface area contributed by atoms with Crippen LogP contribution in [0.1, 0.15) is 38.7 Å². The zero-order valence-corrected chi connectivity index (χ0v) is 12.1. The summed E-state index contributed by atoms with van der Waals surface area (Å²) in [4.78, 5) is 0. The molecular weight excluding hydrogens is 236 g/mol. The highest BCUT2D eigenvalue weighted by atomic mass is 16.5. The molecule has 1 aromatic rings. The molecule has 2 nitrogen and oxygen atoms in total. The number of hydrogen-bond acceptors (Lipinski definition) is 2. The predicted molar refractivity (Wildman–Crippen MR) is 77.8 cm³/mol. The first kappa shape index (κ1) is 14.5. The minimum Gasteiger partial charge on any atom is -0.393 e. The van der Waals surface area contributed by atoms with E-state index in [0.29, 0.717) is 24.4 Å². The van der Waals surface area contributed by atoms with Crippen molar-refractivity contribution >= 4 is 0 Å². The van der Waals surface area contributed by atoms with Crippen molar-refractivity contribution in [1.29, 1.82) is 0 Å². The second-order valence-electron chi connectivity index (χ2n) is 6.13. The third-order valence-corrected chi connectivity index (χ3v) is 4.35. The lowest BCUT2D eigenvalue weighted by Gasteiger charge is -2.35. The SMILES string of the molecule is CC(COCc1ccccc1)[C@@H]1CC[C@@H](C)CC1O. The van der Waals surface area contributed by atoms with Gasteiger partial charge in [-0.25, -0.2) is 0 Å². The van der Waals surface area contributed by atoms with Crippen LogP contribution in [0.25, 0.3) is 0 Å². The van der Waals surface area contributed by atoms with E-state index in [2.05, 4.69) is 26.0 Å². The molecule has 1 N–H and O–H groups in total. The van der Waals surface area contributed by atoms with Gasteiger partial charge in [0.2, 0.25) is 0 Å². The summed E-state index contributed by atoms with van der Waals surface area (Å²) in [6, 6.07) is 10.3. The molecular formula is C17H26O2. The van der Waals surface area contributed by atoms with E-state index in [4.69, 9.17) is 4.74 Å². The Labute approximate surface area is 116 Å². The van der Waals surface area contributed by atoms with Crippen LogP contribution in [-0.4, -0.2) is 17.8 Å². The number of aliphatic hydroxyl groups excluding tert-OH is 1. The van der Waals surface area contributed by atoms with Gasteiger partial charge < -0.3 is 9.84 Å². The van der Waals surface area contributed by atoms with E-state index < -0.39 is 0 Å². The van der Waals surface area contributed by atoms with Gasteiger partial charge in [0.1, 0.15) is 0 Å². The highest BCUT2D eigenvalue weighted by Crippen LogP contribution is 2.33. The molecule has 2 unspecified atom stereocenters. The van der Waals surface area contributed by atoms with E-state index in [1.165, 1.54) is 12.0 Å². The van der Waals surface area contributed by atoms with Gasteiger partial charge in [0, 0.05) is 6.61 Å². The number of hydrogen-bond donors (Lipinski definition) is 1. The van der Waals surface area contributed by atoms with E-state index in [0.717, 1.165) is 19.4 Å². The smallest absolute Gasteiger partial charge is 0.0717 e. The van der Waals surface area contributed by atoms with E-state index in [-0.39, 0.29) is 6.10 Å². The second kappa shape index (κ2) is 7.06. The molecule has 1 fully saturated rings. The molecule has 1 saturated carbocycles. The van der Waals surface area contributed by atoms with Crippen LogP contribution in [0.5, 0.6) is 0 Å². The van der Waals surface area contributed by atoms with E-state index in [9.17, 15) is 5.11 Å². The van der Waals surface area contributed by atoms with Crippen LogP contribution in [-0.2, 0) is 11.3 Å². The van der Waals surface area contributed by atoms with Crippen molar-refractivity contribution in [2.75, 3.05) is 6.61 Å². The lowest BCUT2D eigenvalue weighted by Crippen LogP contribution is -2.34. The average Bonchev–Trinajstić information content (AvgIpc) is 2.39. The quantitative estimate of drug-likeness (QED) is 0.878. The molecule has 2 rings (SSSR count). The average molecular weight is 262 g/mol. The molecule has 0 bridgehead atoms. The summed E-state index contributed by atoms with van der Waals surface area (Å²) < 4.78 is 5.80. The molecule has 1 aromatic carbocycles. The van der Waals surface area contributed by atoms with Gasteiger partial charge in [-0.15, -0.1) is 0 Å². The Morgan fingerprint density at radius 1 is 1.26 bits per heavy atom. The van der Waals surface area contributed by atoms with Crippen molar-refractivity contribution < 1.29 is 9.84 Å². The Kier molecular flexibility index (Phi) is 5.41. The van der Waals surface area contributed by atoms with E-state index in [1.807, 2.05) is 18.2 Å². The molecule has 106 valence electrons. The van der Waals surface area contributed by atoms with Gasteiger partial charge >= 0.3 is 0 Å². The van der Waals surface area contributed by atoms with Gasteiger partial charge in [-0.05, 0) is 36.2 Å². The first-order valence-corrected chi connectivity index (χ1v) is 7.46. The summed E-state index contributed by atoms with van der Waals surface area (Å²) in [6.45, 7) is 5.85. The van der Waals surface area contributed by atoms with Gasteiger partial charge in [0.15, 0.2) is 0 Å². The van der Waals surface area contributed by atoms with Crippen molar-refractivity contribution in [3.63, 3.8) is 0 Å². The topological polar surface area (TPSA) is 29.5 Å². The standard InChI is InChI=1S/C17H26O2/c1-13-8-9-16(17(18)10-13)14(2)11-19-12-15-6-4-3-5-7-15/h3-7,13-14,16-18H,8-12H2,1-2H3/t13-,14?,16+,17?/m1/s1. The predicted octanol–water partition coefficient (Wildman–Crippen LogP) is 3.64. The number of rotatable bonds is 5. The van der Waals surface area contributed by atoms with Crippen LogP contribution in [0, 0.1) is 17.8 Å². The molecule has 0 radical (unpaired) electrons. The minimum absolute atomic E-state index is 0.140. The molecule has 0 heterocycles. The zero-order chi connectivity index (χ0) is 13.7. The van der Waals surface area contributed by atoms with Gasteiger partial charge in [-0.1, -0.05) is 50.6 Å². The lowest BCUT2D eigenvalue weighted by molar-refractivity contribution is -0.0105. The Morgan fingerprint density at radius 2 is 2.00 bits per heavy atom. The number of benzene rings is 1. The number of ether oxygens (including phenoxy) is 1. The molecule has 19 heavy (non-hydrogen) atoms. The highest BCUT2D eigenvalue weighted by molar-refractivity contribution is 5.13. The van der Waals surface area contributed by atoms with Crippen molar-refractivity contribution in [2.24, 2.45) is 17.8 Å². The van der Waals surface area contributed by atoms with Gasteiger partial charge in [-0.2, -0.15) is 0 Å². The van der Waals surface area contributed by atoms with Crippen LogP contribution >= 0.6 is 0 Å². The van der Waals surface area contributed by atoms with Crippen molar-refractivity contribution in [1.82, 2.24) is 0 Å². The van der Waals surface area contributed by atoms with Gasteiger partial charge in [0.05, 0.1) is 12.7 Å². The fourth-order valence-corrected chi connectivity index (χ4v) is 3.10. The van der Waals surface area contributed by atoms with Crippen LogP contribution in [0.4, 0.5) is 0 Å². The molecule has 0 aromatic heterocycles. The molecule has 1 aliphatic rings. The molecule has 1 aliphatic carbocycles. The summed E-state index contributed by atoms with van der Waals surface area (Å²) in [5, 5.41) is 10.2. The maximum atomic E-state index is 10.2. The normalized spacial score (nSPS) is 29.1. The van der Waals surface area contributed by atoms with Crippen molar-refractivity contribution in [2.45, 2.75) is 45.8 Å². The molecule has 0 spiro atoms. The van der Waals surface area contributed by atoms with E-state index in [1.54, 1.807) is 0 Å². The molecule has 0 aliphatic heterocycles. The minimum atomic E-state index is -0.140. The van der Waals surface area contributed by atoms with Crippen LogP contribution in [0.2, 0.25) is 0 Å². The summed E-state index contributed by atoms with van der Waals surface area (Å²) in [6.07, 6.45) is 3.19. The summed E-state index contributed by atoms with van der Waals surface area (Å²) in [7, 11) is 0. The Hall–Kier alpha value is -0.860. The van der Waals surface area contributed by atoms with Crippen molar-refractivity contribution in [3.05, 3.63) is 35.9 Å². The molecule has 4 atom stereocenters. The fraction of sp³-hybridized carbons (Fsp3) is 0.647. The number of aliphatic hydroxyl groups is 1. The van der Waals surface area contributed by atoms with Crippen molar-refractivity contribution in [3.8, 4) is 0 Å². The summed E-state index contributed by atoms with van der Waals surface area (Å²) in [5.74, 6) is 1.52. The third-order valence-electron chi connectivity index (χ3n) is 4.35. The zero-order valence-electron chi connectivity index (χ0n) is 12.1. The first-order chi connectivity index (χ1) is 9.16. The first-order valence-electron chi connectivity index (χ1n) is 7.46. The Bertz CT molecular complexity index is 363. The molecule has 0 amide bonds. The van der Waals surface area contributed by atoms with E-state index >= 15 is 0 Å². The fourth-order valence-electron chi connectivity index (χ4n) is 3.10. The summed E-state index contributed by atoms with van der Waals surface area (Å²) >= 11 is 0. The Morgan fingerprint density at radius 3 is 2.68 bits per heavy atom. The Balaban J connectivity index is 1.73. The highest BCUT2D eigenvalue weighted by Gasteiger charge is 2.30.